The minimum Gasteiger partial charge on any atom is -0.494 e. The van der Waals surface area contributed by atoms with Crippen LogP contribution in [0, 0.1) is 11.7 Å². The second-order valence-electron chi connectivity index (χ2n) is 10.8. The molecule has 2 saturated heterocycles. The number of fused-ring (bicyclic) bond motifs is 2. The Hall–Kier alpha value is -5.25. The highest BCUT2D eigenvalue weighted by atomic mass is 19.1. The van der Waals surface area contributed by atoms with Crippen molar-refractivity contribution >= 4 is 17.5 Å². The summed E-state index contributed by atoms with van der Waals surface area (Å²) < 4.78 is 27.0. The van der Waals surface area contributed by atoms with Gasteiger partial charge in [-0.2, -0.15) is 5.10 Å². The lowest BCUT2D eigenvalue weighted by Crippen LogP contribution is -2.40. The van der Waals surface area contributed by atoms with Gasteiger partial charge in [-0.3, -0.25) is 9.59 Å². The number of likely N-dealkylation sites (tertiary alicyclic amines) is 2. The van der Waals surface area contributed by atoms with E-state index < -0.39 is 5.82 Å². The van der Waals surface area contributed by atoms with E-state index >= 15 is 0 Å². The smallest absolute Gasteiger partial charge is 0.255 e. The number of carbonyl (C=O) groups is 2. The van der Waals surface area contributed by atoms with Crippen molar-refractivity contribution in [3.63, 3.8) is 0 Å². The molecule has 2 aromatic heterocycles. The van der Waals surface area contributed by atoms with Gasteiger partial charge in [-0.05, 0) is 66.6 Å². The Bertz CT molecular complexity index is 1820. The lowest BCUT2D eigenvalue weighted by Gasteiger charge is -2.25. The van der Waals surface area contributed by atoms with Crippen LogP contribution in [0.4, 0.5) is 4.39 Å². The van der Waals surface area contributed by atoms with Crippen molar-refractivity contribution in [1.82, 2.24) is 24.4 Å². The monoisotopic (exact) mass is 577 g/mol. The molecule has 0 unspecified atom stereocenters. The first-order valence-corrected chi connectivity index (χ1v) is 14.1. The summed E-state index contributed by atoms with van der Waals surface area (Å²) in [4.78, 5) is 35.3. The van der Waals surface area contributed by atoms with Crippen molar-refractivity contribution < 1.29 is 23.5 Å². The van der Waals surface area contributed by atoms with Crippen molar-refractivity contribution in [3.8, 4) is 28.4 Å². The third-order valence-electron chi connectivity index (χ3n) is 8.26. The molecule has 0 spiro atoms. The van der Waals surface area contributed by atoms with Crippen LogP contribution >= 0.6 is 0 Å². The number of methoxy groups -OCH3 is 1. The number of hydrogen-bond acceptors (Lipinski definition) is 6. The number of ether oxygens (including phenoxy) is 2. The average Bonchev–Trinajstić information content (AvgIpc) is 3.77. The van der Waals surface area contributed by atoms with Crippen molar-refractivity contribution in [2.24, 2.45) is 5.92 Å². The van der Waals surface area contributed by atoms with Gasteiger partial charge in [-0.1, -0.05) is 24.3 Å². The predicted molar refractivity (Wildman–Crippen MR) is 157 cm³/mol. The van der Waals surface area contributed by atoms with Gasteiger partial charge in [0.1, 0.15) is 17.8 Å². The number of pyridine rings is 1. The minimum absolute atomic E-state index is 0.0547. The Morgan fingerprint density at radius 2 is 1.70 bits per heavy atom. The highest BCUT2D eigenvalue weighted by molar-refractivity contribution is 5.97. The number of halogens is 1. The highest BCUT2D eigenvalue weighted by Crippen LogP contribution is 2.35. The number of benzene rings is 3. The summed E-state index contributed by atoms with van der Waals surface area (Å²) in [5.74, 6) is 0.973. The lowest BCUT2D eigenvalue weighted by atomic mass is 10.0. The fraction of sp³-hybridized carbons (Fsp3) is 0.212. The zero-order valence-corrected chi connectivity index (χ0v) is 23.4. The van der Waals surface area contributed by atoms with Gasteiger partial charge in [0.25, 0.3) is 11.8 Å². The number of aromatic nitrogens is 3. The third kappa shape index (κ3) is 4.94. The van der Waals surface area contributed by atoms with Crippen LogP contribution in [0.1, 0.15) is 27.1 Å². The summed E-state index contributed by atoms with van der Waals surface area (Å²) in [7, 11) is 1.41. The normalized spacial score (nSPS) is 17.7. The van der Waals surface area contributed by atoms with Crippen LogP contribution < -0.4 is 9.47 Å². The van der Waals surface area contributed by atoms with Gasteiger partial charge >= 0.3 is 0 Å². The zero-order valence-electron chi connectivity index (χ0n) is 23.4. The fourth-order valence-corrected chi connectivity index (χ4v) is 6.11. The number of amides is 2. The van der Waals surface area contributed by atoms with E-state index in [4.69, 9.17) is 9.47 Å². The second kappa shape index (κ2) is 10.9. The molecule has 0 bridgehead atoms. The fourth-order valence-electron chi connectivity index (χ4n) is 6.11. The number of para-hydroxylation sites is 1. The highest BCUT2D eigenvalue weighted by Gasteiger charge is 2.45. The standard InChI is InChI=1S/C33H28FN5O4/c1-42-30-12-9-22(16-28(30)34)27-15-24(18-39-31(27)35-20-36-39)32(40)37-17-23-13-14-38(29(23)19-37)33(41)21-7-10-26(11-8-21)43-25-5-3-2-4-6-25/h2-12,15-16,18,20,23,29H,13-14,17,19H2,1H3/t23-,29+/m0/s1. The first-order valence-electron chi connectivity index (χ1n) is 14.1. The van der Waals surface area contributed by atoms with Crippen LogP contribution in [0.25, 0.3) is 16.8 Å². The van der Waals surface area contributed by atoms with Gasteiger partial charge in [0.2, 0.25) is 0 Å². The SMILES string of the molecule is COc1ccc(-c2cc(C(=O)N3C[C@@H]4CCN(C(=O)c5ccc(Oc6ccccc6)cc5)[C@@H]4C3)cn3ncnc23)cc1F. The quantitative estimate of drug-likeness (QED) is 0.271. The summed E-state index contributed by atoms with van der Waals surface area (Å²) in [6.45, 7) is 1.64. The molecule has 9 nitrogen and oxygen atoms in total. The van der Waals surface area contributed by atoms with Crippen molar-refractivity contribution in [3.05, 3.63) is 108 Å². The molecule has 2 fully saturated rings. The van der Waals surface area contributed by atoms with E-state index in [9.17, 15) is 14.0 Å². The van der Waals surface area contributed by atoms with Gasteiger partial charge in [0, 0.05) is 42.9 Å². The second-order valence-corrected chi connectivity index (χ2v) is 10.8. The predicted octanol–water partition coefficient (Wildman–Crippen LogP) is 5.32. The minimum atomic E-state index is -0.509. The van der Waals surface area contributed by atoms with Crippen molar-refractivity contribution in [2.45, 2.75) is 12.5 Å². The first kappa shape index (κ1) is 26.6. The molecule has 5 aromatic rings. The molecule has 7 rings (SSSR count). The van der Waals surface area contributed by atoms with E-state index in [0.29, 0.717) is 53.3 Å². The first-order chi connectivity index (χ1) is 21.0. The molecule has 10 heteroatoms. The van der Waals surface area contributed by atoms with Crippen LogP contribution in [0.5, 0.6) is 17.2 Å². The number of nitrogens with zero attached hydrogens (tertiary/aromatic N) is 5. The Labute approximate surface area is 247 Å². The molecule has 2 atom stereocenters. The Kier molecular flexibility index (Phi) is 6.73. The summed E-state index contributed by atoms with van der Waals surface area (Å²) in [6.07, 6.45) is 3.87. The maximum Gasteiger partial charge on any atom is 0.255 e. The Morgan fingerprint density at radius 3 is 2.47 bits per heavy atom. The zero-order chi connectivity index (χ0) is 29.5. The van der Waals surface area contributed by atoms with Crippen molar-refractivity contribution in [1.29, 1.82) is 0 Å². The molecule has 2 amide bonds. The molecule has 3 aromatic carbocycles. The van der Waals surface area contributed by atoms with Crippen molar-refractivity contribution in [2.75, 3.05) is 26.7 Å². The van der Waals surface area contributed by atoms with Gasteiger partial charge in [0.15, 0.2) is 17.2 Å². The molecular formula is C33H28FN5O4. The topological polar surface area (TPSA) is 89.3 Å². The summed E-state index contributed by atoms with van der Waals surface area (Å²) in [6, 6.07) is 22.9. The maximum absolute atomic E-state index is 14.5. The third-order valence-corrected chi connectivity index (χ3v) is 8.26. The summed E-state index contributed by atoms with van der Waals surface area (Å²) >= 11 is 0. The van der Waals surface area contributed by atoms with Crippen LogP contribution in [0.3, 0.4) is 0 Å². The molecule has 0 N–H and O–H groups in total. The molecule has 0 radical (unpaired) electrons. The lowest BCUT2D eigenvalue weighted by molar-refractivity contribution is 0.0689. The van der Waals surface area contributed by atoms with Gasteiger partial charge in [0.05, 0.1) is 18.7 Å². The molecule has 2 aliphatic heterocycles. The van der Waals surface area contributed by atoms with E-state index in [0.717, 1.165) is 12.2 Å². The Morgan fingerprint density at radius 1 is 0.907 bits per heavy atom. The maximum atomic E-state index is 14.5. The van der Waals surface area contributed by atoms with E-state index in [1.54, 1.807) is 53.6 Å². The molecule has 43 heavy (non-hydrogen) atoms. The van der Waals surface area contributed by atoms with E-state index in [-0.39, 0.29) is 29.5 Å². The number of rotatable bonds is 6. The molecular weight excluding hydrogens is 549 g/mol. The van der Waals surface area contributed by atoms with E-state index in [1.165, 1.54) is 24.0 Å². The van der Waals surface area contributed by atoms with Gasteiger partial charge in [-0.25, -0.2) is 13.9 Å². The van der Waals surface area contributed by atoms with Gasteiger partial charge in [-0.15, -0.1) is 0 Å². The molecule has 0 saturated carbocycles. The average molecular weight is 578 g/mol. The van der Waals surface area contributed by atoms with E-state index in [2.05, 4.69) is 10.1 Å². The van der Waals surface area contributed by atoms with Crippen LogP contribution in [0.2, 0.25) is 0 Å². The van der Waals surface area contributed by atoms with Crippen LogP contribution in [-0.4, -0.2) is 69.0 Å². The van der Waals surface area contributed by atoms with E-state index in [1.807, 2.05) is 35.2 Å². The number of hydrogen-bond donors (Lipinski definition) is 0. The largest absolute Gasteiger partial charge is 0.494 e. The summed E-state index contributed by atoms with van der Waals surface area (Å²) in [5.41, 5.74) is 2.65. The molecule has 216 valence electrons. The summed E-state index contributed by atoms with van der Waals surface area (Å²) in [5, 5.41) is 4.24. The van der Waals surface area contributed by atoms with Crippen LogP contribution in [0.15, 0.2) is 91.4 Å². The van der Waals surface area contributed by atoms with Crippen LogP contribution in [-0.2, 0) is 0 Å². The molecule has 2 aliphatic rings. The molecule has 4 heterocycles. The Balaban J connectivity index is 1.08. The number of carbonyl (C=O) groups excluding carboxylic acids is 2. The molecule has 0 aliphatic carbocycles. The van der Waals surface area contributed by atoms with Gasteiger partial charge < -0.3 is 19.3 Å².